The van der Waals surface area contributed by atoms with Crippen LogP contribution >= 0.6 is 0 Å². The van der Waals surface area contributed by atoms with Crippen LogP contribution in [0.4, 0.5) is 4.79 Å². The Morgan fingerprint density at radius 3 is 2.27 bits per heavy atom. The van der Waals surface area contributed by atoms with E-state index in [-0.39, 0.29) is 43.1 Å². The minimum atomic E-state index is -0.806. The highest BCUT2D eigenvalue weighted by atomic mass is 16.6. The number of aliphatic hydroxyl groups excluding tert-OH is 1. The van der Waals surface area contributed by atoms with Crippen molar-refractivity contribution in [2.45, 2.75) is 63.4 Å². The Labute approximate surface area is 383 Å². The molecule has 13 heteroatoms. The maximum atomic E-state index is 13.5. The van der Waals surface area contributed by atoms with Crippen molar-refractivity contribution < 1.29 is 38.8 Å². The lowest BCUT2D eigenvalue weighted by Crippen LogP contribution is -2.52. The average Bonchev–Trinajstić information content (AvgIpc) is 3.35. The number of aliphatic hydroxyl groups is 1. The minimum absolute atomic E-state index is 0.00357. The van der Waals surface area contributed by atoms with E-state index in [1.807, 2.05) is 72.8 Å². The molecule has 4 heterocycles. The normalized spacial score (nSPS) is 17.4. The van der Waals surface area contributed by atoms with Crippen LogP contribution in [0.1, 0.15) is 93.6 Å². The highest BCUT2D eigenvalue weighted by molar-refractivity contribution is 5.94. The van der Waals surface area contributed by atoms with Crippen LogP contribution in [0.25, 0.3) is 10.9 Å². The number of H-pyrrole nitrogens is 1. The SMILES string of the molecule is O=C(N[C@@H](c1ccccc1)c1cccc(OCc2ccc(C(=O)OCCN(CCCCC[C@H](O)c3ccc(O)c4[nH]c(=O)ccc34)C(=O)c3ccccc3)cc2)c1)O[C@H]1CN2CCC1CC2. The summed E-state index contributed by atoms with van der Waals surface area (Å²) in [5.41, 5.74) is 4.09. The molecule has 2 amide bonds. The van der Waals surface area contributed by atoms with Gasteiger partial charge in [0.2, 0.25) is 5.56 Å². The Balaban J connectivity index is 0.815. The Hall–Kier alpha value is -6.96. The maximum absolute atomic E-state index is 13.5. The number of benzene rings is 5. The number of carbonyl (C=O) groups is 3. The molecular weight excluding hydrogens is 837 g/mol. The second-order valence-corrected chi connectivity index (χ2v) is 17.1. The first-order valence-corrected chi connectivity index (χ1v) is 22.8. The van der Waals surface area contributed by atoms with E-state index < -0.39 is 24.2 Å². The van der Waals surface area contributed by atoms with E-state index in [9.17, 15) is 29.4 Å². The molecule has 1 aromatic heterocycles. The smallest absolute Gasteiger partial charge is 0.408 e. The molecular formula is C53H56N4O9. The number of rotatable bonds is 19. The van der Waals surface area contributed by atoms with Crippen molar-refractivity contribution in [2.75, 3.05) is 39.3 Å². The monoisotopic (exact) mass is 892 g/mol. The molecule has 2 bridgehead atoms. The number of fused-ring (bicyclic) bond motifs is 4. The van der Waals surface area contributed by atoms with Gasteiger partial charge in [-0.1, -0.05) is 91.7 Å². The van der Waals surface area contributed by atoms with Gasteiger partial charge in [0.1, 0.15) is 30.8 Å². The van der Waals surface area contributed by atoms with E-state index >= 15 is 0 Å². The largest absolute Gasteiger partial charge is 0.506 e. The van der Waals surface area contributed by atoms with Crippen LogP contribution in [0.15, 0.2) is 138 Å². The lowest BCUT2D eigenvalue weighted by Gasteiger charge is -2.43. The van der Waals surface area contributed by atoms with Crippen LogP contribution in [0.3, 0.4) is 0 Å². The average molecular weight is 893 g/mol. The number of aromatic hydroxyl groups is 1. The number of carbonyl (C=O) groups excluding carboxylic acids is 3. The second-order valence-electron chi connectivity index (χ2n) is 17.1. The minimum Gasteiger partial charge on any atom is -0.506 e. The van der Waals surface area contributed by atoms with Gasteiger partial charge in [-0.25, -0.2) is 9.59 Å². The zero-order valence-electron chi connectivity index (χ0n) is 36.9. The van der Waals surface area contributed by atoms with Gasteiger partial charge in [0.15, 0.2) is 0 Å². The van der Waals surface area contributed by atoms with Gasteiger partial charge in [-0.3, -0.25) is 14.5 Å². The molecule has 6 aromatic rings. The fourth-order valence-electron chi connectivity index (χ4n) is 8.96. The number of alkyl carbamates (subject to hydrolysis) is 1. The van der Waals surface area contributed by atoms with Crippen LogP contribution in [-0.2, 0) is 16.1 Å². The number of piperidine rings is 3. The number of amides is 2. The predicted molar refractivity (Wildman–Crippen MR) is 250 cm³/mol. The Kier molecular flexibility index (Phi) is 15.1. The molecule has 3 aliphatic heterocycles. The summed E-state index contributed by atoms with van der Waals surface area (Å²) in [6, 6.07) is 39.0. The van der Waals surface area contributed by atoms with Crippen LogP contribution in [0.5, 0.6) is 11.5 Å². The number of phenolic OH excluding ortho intramolecular Hbond substituents is 1. The Bertz CT molecular complexity index is 2630. The number of unbranched alkanes of at least 4 members (excludes halogenated alkanes) is 2. The maximum Gasteiger partial charge on any atom is 0.408 e. The lowest BCUT2D eigenvalue weighted by atomic mass is 9.86. The quantitative estimate of drug-likeness (QED) is 0.0458. The molecule has 3 fully saturated rings. The van der Waals surface area contributed by atoms with Gasteiger partial charge < -0.3 is 39.6 Å². The summed E-state index contributed by atoms with van der Waals surface area (Å²) in [5, 5.41) is 24.9. The van der Waals surface area contributed by atoms with Crippen LogP contribution in [0, 0.1) is 5.92 Å². The third kappa shape index (κ3) is 11.6. The number of esters is 1. The summed E-state index contributed by atoms with van der Waals surface area (Å²) >= 11 is 0. The molecule has 4 N–H and O–H groups in total. The van der Waals surface area contributed by atoms with E-state index in [2.05, 4.69) is 15.2 Å². The lowest BCUT2D eigenvalue weighted by molar-refractivity contribution is -0.0336. The molecule has 0 saturated carbocycles. The van der Waals surface area contributed by atoms with Gasteiger partial charge >= 0.3 is 12.1 Å². The van der Waals surface area contributed by atoms with Gasteiger partial charge in [0.25, 0.3) is 5.91 Å². The summed E-state index contributed by atoms with van der Waals surface area (Å²) in [5.74, 6) is 0.295. The molecule has 5 aromatic carbocycles. The zero-order valence-corrected chi connectivity index (χ0v) is 36.9. The molecule has 0 aliphatic carbocycles. The third-order valence-corrected chi connectivity index (χ3v) is 12.6. The van der Waals surface area contributed by atoms with Gasteiger partial charge in [0.05, 0.1) is 29.8 Å². The number of aromatic nitrogens is 1. The van der Waals surface area contributed by atoms with E-state index in [4.69, 9.17) is 14.2 Å². The van der Waals surface area contributed by atoms with Crippen LogP contribution in [0.2, 0.25) is 0 Å². The number of aromatic amines is 1. The fourth-order valence-corrected chi connectivity index (χ4v) is 8.96. The predicted octanol–water partition coefficient (Wildman–Crippen LogP) is 8.32. The van der Waals surface area contributed by atoms with Gasteiger partial charge in [-0.15, -0.1) is 0 Å². The van der Waals surface area contributed by atoms with Crippen molar-refractivity contribution >= 4 is 28.9 Å². The standard InChI is InChI=1S/C53H56N4O9/c58-45(43-22-24-46(59)50-44(43)23-25-48(60)54-50)17-8-3-9-28-57(51(61)39-13-6-2-7-14-39)31-32-64-52(62)40-20-18-36(19-21-40)35-65-42-16-10-15-41(33-42)49(38-11-4-1-5-12-38)55-53(63)66-47-34-56-29-26-37(47)27-30-56/h1-2,4-7,10-16,18-25,33,37,45,47,49,58-59H,3,8-9,17,26-32,34-35H2,(H,54,60)(H,55,63)/t45-,47-,49-/m0/s1. The molecule has 13 nitrogen and oxygen atoms in total. The van der Waals surface area contributed by atoms with E-state index in [1.165, 1.54) is 12.1 Å². The molecule has 0 spiro atoms. The molecule has 66 heavy (non-hydrogen) atoms. The van der Waals surface area contributed by atoms with E-state index in [0.717, 1.165) is 55.6 Å². The number of phenols is 1. The summed E-state index contributed by atoms with van der Waals surface area (Å²) in [6.45, 7) is 3.79. The number of ether oxygens (including phenoxy) is 3. The summed E-state index contributed by atoms with van der Waals surface area (Å²) < 4.78 is 17.8. The topological polar surface area (TPSA) is 171 Å². The first-order valence-electron chi connectivity index (χ1n) is 22.8. The molecule has 3 atom stereocenters. The van der Waals surface area contributed by atoms with Crippen molar-refractivity contribution in [3.63, 3.8) is 0 Å². The van der Waals surface area contributed by atoms with Crippen molar-refractivity contribution in [1.29, 1.82) is 0 Å². The number of nitrogens with one attached hydrogen (secondary N) is 2. The highest BCUT2D eigenvalue weighted by Crippen LogP contribution is 2.32. The van der Waals surface area contributed by atoms with Crippen molar-refractivity contribution in [3.8, 4) is 11.5 Å². The van der Waals surface area contributed by atoms with E-state index in [0.29, 0.717) is 65.1 Å². The number of hydrogen-bond donors (Lipinski definition) is 4. The van der Waals surface area contributed by atoms with Crippen molar-refractivity contribution in [2.24, 2.45) is 5.92 Å². The fraction of sp³-hybridized carbons (Fsp3) is 0.321. The van der Waals surface area contributed by atoms with Crippen LogP contribution in [-0.4, -0.2) is 88.4 Å². The highest BCUT2D eigenvalue weighted by Gasteiger charge is 2.37. The first-order chi connectivity index (χ1) is 32.2. The number of hydrogen-bond acceptors (Lipinski definition) is 10. The molecule has 342 valence electrons. The van der Waals surface area contributed by atoms with Crippen LogP contribution < -0.4 is 15.6 Å². The molecule has 9 rings (SSSR count). The summed E-state index contributed by atoms with van der Waals surface area (Å²) in [6.07, 6.45) is 3.28. The second kappa shape index (κ2) is 21.8. The number of nitrogens with zero attached hydrogens (tertiary/aromatic N) is 2. The van der Waals surface area contributed by atoms with Crippen molar-refractivity contribution in [1.82, 2.24) is 20.1 Å². The van der Waals surface area contributed by atoms with E-state index in [1.54, 1.807) is 53.4 Å². The van der Waals surface area contributed by atoms with Gasteiger partial charge in [0, 0.05) is 30.1 Å². The summed E-state index contributed by atoms with van der Waals surface area (Å²) in [7, 11) is 0. The molecule has 0 unspecified atom stereocenters. The third-order valence-electron chi connectivity index (χ3n) is 12.6. The van der Waals surface area contributed by atoms with Gasteiger partial charge in [-0.05, 0) is 115 Å². The molecule has 3 saturated heterocycles. The number of pyridine rings is 1. The molecule has 0 radical (unpaired) electrons. The Morgan fingerprint density at radius 2 is 1.53 bits per heavy atom. The molecule has 3 aliphatic rings. The Morgan fingerprint density at radius 1 is 0.788 bits per heavy atom. The zero-order chi connectivity index (χ0) is 45.8. The van der Waals surface area contributed by atoms with Crippen molar-refractivity contribution in [3.05, 3.63) is 177 Å². The van der Waals surface area contributed by atoms with Gasteiger partial charge in [-0.2, -0.15) is 0 Å². The first kappa shape index (κ1) is 45.6. The summed E-state index contributed by atoms with van der Waals surface area (Å²) in [4.78, 5) is 58.4.